The fraction of sp³-hybridized carbons (Fsp3) is 1.00. The Morgan fingerprint density at radius 2 is 2.05 bits per heavy atom. The maximum atomic E-state index is 5.62. The van der Waals surface area contributed by atoms with Gasteiger partial charge < -0.3 is 14.8 Å². The minimum Gasteiger partial charge on any atom is -0.383 e. The van der Waals surface area contributed by atoms with Gasteiger partial charge in [0, 0.05) is 46.0 Å². The quantitative estimate of drug-likeness (QED) is 0.670. The second-order valence-corrected chi connectivity index (χ2v) is 6.93. The molecule has 1 heterocycles. The van der Waals surface area contributed by atoms with Crippen LogP contribution in [-0.4, -0.2) is 64.1 Å². The van der Waals surface area contributed by atoms with Crippen molar-refractivity contribution in [1.29, 1.82) is 0 Å². The lowest BCUT2D eigenvalue weighted by Crippen LogP contribution is -2.50. The first-order valence-corrected chi connectivity index (χ1v) is 8.72. The molecule has 1 saturated carbocycles. The smallest absolute Gasteiger partial charge is 0.0589 e. The zero-order chi connectivity index (χ0) is 15.1. The Kier molecular flexibility index (Phi) is 6.93. The van der Waals surface area contributed by atoms with Crippen LogP contribution in [0.4, 0.5) is 0 Å². The van der Waals surface area contributed by atoms with E-state index in [9.17, 15) is 0 Å². The van der Waals surface area contributed by atoms with E-state index in [0.29, 0.717) is 11.5 Å². The largest absolute Gasteiger partial charge is 0.383 e. The van der Waals surface area contributed by atoms with Crippen molar-refractivity contribution in [2.24, 2.45) is 11.3 Å². The third-order valence-electron chi connectivity index (χ3n) is 5.30. The minimum atomic E-state index is 0.380. The molecule has 2 fully saturated rings. The second-order valence-electron chi connectivity index (χ2n) is 6.93. The molecular formula is C17H34N2O2. The Labute approximate surface area is 130 Å². The number of rotatable bonds is 10. The molecule has 0 aromatic carbocycles. The maximum absolute atomic E-state index is 5.62. The van der Waals surface area contributed by atoms with E-state index in [0.717, 1.165) is 45.4 Å². The summed E-state index contributed by atoms with van der Waals surface area (Å²) in [6.07, 6.45) is 5.18. The molecule has 1 saturated heterocycles. The van der Waals surface area contributed by atoms with Crippen molar-refractivity contribution in [1.82, 2.24) is 10.2 Å². The predicted molar refractivity (Wildman–Crippen MR) is 86.7 cm³/mol. The van der Waals surface area contributed by atoms with E-state index in [4.69, 9.17) is 9.47 Å². The van der Waals surface area contributed by atoms with E-state index in [2.05, 4.69) is 24.1 Å². The highest BCUT2D eigenvalue weighted by molar-refractivity contribution is 4.92. The molecule has 21 heavy (non-hydrogen) atoms. The van der Waals surface area contributed by atoms with E-state index in [1.807, 2.05) is 7.11 Å². The van der Waals surface area contributed by atoms with Gasteiger partial charge in [-0.3, -0.25) is 4.90 Å². The molecule has 124 valence electrons. The van der Waals surface area contributed by atoms with Crippen LogP contribution in [0.5, 0.6) is 0 Å². The summed E-state index contributed by atoms with van der Waals surface area (Å²) >= 11 is 0. The van der Waals surface area contributed by atoms with Crippen LogP contribution in [0.1, 0.15) is 39.5 Å². The van der Waals surface area contributed by atoms with Gasteiger partial charge in [-0.1, -0.05) is 6.92 Å². The average molecular weight is 298 g/mol. The van der Waals surface area contributed by atoms with Crippen LogP contribution in [-0.2, 0) is 9.47 Å². The molecule has 1 aliphatic heterocycles. The monoisotopic (exact) mass is 298 g/mol. The number of hydrogen-bond acceptors (Lipinski definition) is 4. The van der Waals surface area contributed by atoms with Crippen molar-refractivity contribution in [2.75, 3.05) is 53.1 Å². The number of methoxy groups -OCH3 is 1. The molecule has 0 bridgehead atoms. The molecule has 0 radical (unpaired) electrons. The normalized spacial score (nSPS) is 23.4. The summed E-state index contributed by atoms with van der Waals surface area (Å²) in [4.78, 5) is 2.68. The van der Waals surface area contributed by atoms with Crippen molar-refractivity contribution in [3.8, 4) is 0 Å². The van der Waals surface area contributed by atoms with Gasteiger partial charge in [0.1, 0.15) is 0 Å². The standard InChI is InChI=1S/C17H34N2O2/c1-4-18-13-17(7-10-21-11-8-17)14-19(9-12-20-3)15(2)16-5-6-16/h15-16,18H,4-14H2,1-3H3. The Balaban J connectivity index is 1.98. The van der Waals surface area contributed by atoms with E-state index in [1.165, 1.54) is 32.2 Å². The number of hydrogen-bond donors (Lipinski definition) is 1. The van der Waals surface area contributed by atoms with Gasteiger partial charge in [-0.15, -0.1) is 0 Å². The third-order valence-corrected chi connectivity index (χ3v) is 5.30. The van der Waals surface area contributed by atoms with Crippen LogP contribution in [0.15, 0.2) is 0 Å². The molecule has 2 rings (SSSR count). The highest BCUT2D eigenvalue weighted by Gasteiger charge is 2.38. The second kappa shape index (κ2) is 8.47. The van der Waals surface area contributed by atoms with Crippen LogP contribution >= 0.6 is 0 Å². The van der Waals surface area contributed by atoms with Crippen LogP contribution in [0, 0.1) is 11.3 Å². The van der Waals surface area contributed by atoms with Gasteiger partial charge >= 0.3 is 0 Å². The minimum absolute atomic E-state index is 0.380. The van der Waals surface area contributed by atoms with Crippen LogP contribution in [0.3, 0.4) is 0 Å². The molecule has 0 aromatic rings. The SMILES string of the molecule is CCNCC1(CN(CCOC)C(C)C2CC2)CCOCC1. The lowest BCUT2D eigenvalue weighted by molar-refractivity contribution is -0.0165. The average Bonchev–Trinajstić information content (AvgIpc) is 3.34. The zero-order valence-corrected chi connectivity index (χ0v) is 14.2. The molecule has 2 aliphatic rings. The maximum Gasteiger partial charge on any atom is 0.0589 e. The van der Waals surface area contributed by atoms with Crippen molar-refractivity contribution in [2.45, 2.75) is 45.6 Å². The number of ether oxygens (including phenoxy) is 2. The Morgan fingerprint density at radius 1 is 1.33 bits per heavy atom. The molecule has 1 aliphatic carbocycles. The van der Waals surface area contributed by atoms with Crippen LogP contribution < -0.4 is 5.32 Å². The van der Waals surface area contributed by atoms with Crippen LogP contribution in [0.25, 0.3) is 0 Å². The number of nitrogens with one attached hydrogen (secondary N) is 1. The summed E-state index contributed by atoms with van der Waals surface area (Å²) in [7, 11) is 1.81. The molecular weight excluding hydrogens is 264 g/mol. The molecule has 1 atom stereocenters. The summed E-state index contributed by atoms with van der Waals surface area (Å²) in [5, 5.41) is 3.59. The molecule has 1 N–H and O–H groups in total. The third kappa shape index (κ3) is 5.20. The Bertz CT molecular complexity index is 289. The van der Waals surface area contributed by atoms with E-state index in [-0.39, 0.29) is 0 Å². The molecule has 1 unspecified atom stereocenters. The van der Waals surface area contributed by atoms with Crippen LogP contribution in [0.2, 0.25) is 0 Å². The van der Waals surface area contributed by atoms with E-state index < -0.39 is 0 Å². The van der Waals surface area contributed by atoms with Gasteiger partial charge in [0.05, 0.1) is 6.61 Å². The van der Waals surface area contributed by atoms with Crippen molar-refractivity contribution >= 4 is 0 Å². The van der Waals surface area contributed by atoms with Crippen molar-refractivity contribution in [3.63, 3.8) is 0 Å². The first kappa shape index (κ1) is 17.2. The molecule has 4 nitrogen and oxygen atoms in total. The van der Waals surface area contributed by atoms with Gasteiger partial charge in [-0.2, -0.15) is 0 Å². The van der Waals surface area contributed by atoms with Gasteiger partial charge in [0.15, 0.2) is 0 Å². The first-order valence-electron chi connectivity index (χ1n) is 8.72. The molecule has 0 amide bonds. The molecule has 4 heteroatoms. The lowest BCUT2D eigenvalue weighted by atomic mass is 9.79. The predicted octanol–water partition coefficient (Wildman–Crippen LogP) is 2.14. The first-order chi connectivity index (χ1) is 10.2. The van der Waals surface area contributed by atoms with E-state index >= 15 is 0 Å². The lowest BCUT2D eigenvalue weighted by Gasteiger charge is -2.43. The number of nitrogens with zero attached hydrogens (tertiary/aromatic N) is 1. The highest BCUT2D eigenvalue weighted by Crippen LogP contribution is 2.38. The summed E-state index contributed by atoms with van der Waals surface area (Å²) in [5.41, 5.74) is 0.380. The Hall–Kier alpha value is -0.160. The summed E-state index contributed by atoms with van der Waals surface area (Å²) < 4.78 is 11.0. The fourth-order valence-corrected chi connectivity index (χ4v) is 3.53. The topological polar surface area (TPSA) is 33.7 Å². The summed E-state index contributed by atoms with van der Waals surface area (Å²) in [5.74, 6) is 0.915. The van der Waals surface area contributed by atoms with Gasteiger partial charge in [-0.05, 0) is 50.5 Å². The van der Waals surface area contributed by atoms with Crippen molar-refractivity contribution < 1.29 is 9.47 Å². The van der Waals surface area contributed by atoms with Gasteiger partial charge in [0.25, 0.3) is 0 Å². The van der Waals surface area contributed by atoms with Gasteiger partial charge in [0.2, 0.25) is 0 Å². The fourth-order valence-electron chi connectivity index (χ4n) is 3.53. The molecule has 0 aromatic heterocycles. The van der Waals surface area contributed by atoms with Gasteiger partial charge in [-0.25, -0.2) is 0 Å². The molecule has 0 spiro atoms. The zero-order valence-electron chi connectivity index (χ0n) is 14.2. The Morgan fingerprint density at radius 3 is 2.62 bits per heavy atom. The van der Waals surface area contributed by atoms with E-state index in [1.54, 1.807) is 0 Å². The summed E-state index contributed by atoms with van der Waals surface area (Å²) in [6, 6.07) is 0.696. The summed E-state index contributed by atoms with van der Waals surface area (Å²) in [6.45, 7) is 11.7. The highest BCUT2D eigenvalue weighted by atomic mass is 16.5. The van der Waals surface area contributed by atoms with Crippen molar-refractivity contribution in [3.05, 3.63) is 0 Å².